The number of amides is 1. The summed E-state index contributed by atoms with van der Waals surface area (Å²) in [6, 6.07) is -0.755. The van der Waals surface area contributed by atoms with Crippen molar-refractivity contribution < 1.29 is 32.9 Å². The molecule has 3 unspecified atom stereocenters. The van der Waals surface area contributed by atoms with Crippen molar-refractivity contribution in [3.05, 3.63) is 12.2 Å². The molecule has 0 aromatic heterocycles. The number of aliphatic hydroxyl groups is 1. The number of rotatable bonds is 44. The Kier molecular flexibility index (Phi) is 39.1. The maximum atomic E-state index is 12.9. The van der Waals surface area contributed by atoms with Crippen molar-refractivity contribution in [3.63, 3.8) is 0 Å². The average molecular weight is 816 g/mol. The first-order valence-electron chi connectivity index (χ1n) is 24.1. The highest BCUT2D eigenvalue weighted by molar-refractivity contribution is 7.47. The molecule has 1 amide bonds. The van der Waals surface area contributed by atoms with Gasteiger partial charge in [-0.15, -0.1) is 0 Å². The second kappa shape index (κ2) is 39.7. The van der Waals surface area contributed by atoms with E-state index in [-0.39, 0.29) is 19.1 Å². The lowest BCUT2D eigenvalue weighted by Crippen LogP contribution is -2.46. The van der Waals surface area contributed by atoms with E-state index in [0.717, 1.165) is 38.5 Å². The van der Waals surface area contributed by atoms with Crippen molar-refractivity contribution in [2.75, 3.05) is 40.9 Å². The summed E-state index contributed by atoms with van der Waals surface area (Å²) in [6.45, 7) is 4.89. The second-order valence-corrected chi connectivity index (χ2v) is 19.3. The van der Waals surface area contributed by atoms with Gasteiger partial charge in [0.25, 0.3) is 0 Å². The predicted molar refractivity (Wildman–Crippen MR) is 240 cm³/mol. The van der Waals surface area contributed by atoms with E-state index in [1.807, 2.05) is 21.1 Å². The number of hydrogen-bond donors (Lipinski definition) is 3. The maximum Gasteiger partial charge on any atom is 0.472 e. The van der Waals surface area contributed by atoms with Gasteiger partial charge in [0.1, 0.15) is 13.2 Å². The van der Waals surface area contributed by atoms with Gasteiger partial charge in [-0.1, -0.05) is 199 Å². The Balaban J connectivity index is 4.17. The molecule has 0 bridgehead atoms. The fourth-order valence-electron chi connectivity index (χ4n) is 7.16. The van der Waals surface area contributed by atoms with Crippen LogP contribution in [0.5, 0.6) is 0 Å². The molecular weight excluding hydrogens is 719 g/mol. The zero-order valence-corrected chi connectivity index (χ0v) is 38.8. The summed E-state index contributed by atoms with van der Waals surface area (Å²) in [6.07, 6.45) is 45.3. The first-order chi connectivity index (χ1) is 27.0. The molecule has 56 heavy (non-hydrogen) atoms. The molecule has 0 heterocycles. The molecular formula is C47H96N2O6P+. The SMILES string of the molecule is CCCCCCCCCC/C=C\CCCCCCCCCCCCCC(=O)NC(COP(=O)(O)OCC[N+](C)(C)C)C(O)CCCCCCCCCCCCC. The lowest BCUT2D eigenvalue weighted by molar-refractivity contribution is -0.870. The number of allylic oxidation sites excluding steroid dienone is 2. The first kappa shape index (κ1) is 55.2. The molecule has 0 saturated carbocycles. The van der Waals surface area contributed by atoms with Gasteiger partial charge in [-0.25, -0.2) is 4.57 Å². The molecule has 0 aromatic rings. The van der Waals surface area contributed by atoms with Crippen LogP contribution < -0.4 is 5.32 Å². The molecule has 9 heteroatoms. The van der Waals surface area contributed by atoms with Crippen LogP contribution in [0.1, 0.15) is 232 Å². The topological polar surface area (TPSA) is 105 Å². The van der Waals surface area contributed by atoms with Gasteiger partial charge in [-0.3, -0.25) is 13.8 Å². The number of quaternary nitrogens is 1. The zero-order chi connectivity index (χ0) is 41.4. The number of phosphoric ester groups is 1. The summed E-state index contributed by atoms with van der Waals surface area (Å²) in [7, 11) is 1.62. The normalized spacial score (nSPS) is 14.3. The highest BCUT2D eigenvalue weighted by atomic mass is 31.2. The van der Waals surface area contributed by atoms with Gasteiger partial charge in [0.15, 0.2) is 0 Å². The number of nitrogens with zero attached hydrogens (tertiary/aromatic N) is 1. The minimum absolute atomic E-state index is 0.0765. The molecule has 0 rings (SSSR count). The van der Waals surface area contributed by atoms with Crippen molar-refractivity contribution in [1.82, 2.24) is 5.32 Å². The minimum atomic E-state index is -4.31. The maximum absolute atomic E-state index is 12.9. The Bertz CT molecular complexity index is 927. The van der Waals surface area contributed by atoms with E-state index in [9.17, 15) is 19.4 Å². The van der Waals surface area contributed by atoms with Gasteiger partial charge in [0.05, 0.1) is 39.9 Å². The summed E-state index contributed by atoms with van der Waals surface area (Å²) in [5.74, 6) is -0.144. The van der Waals surface area contributed by atoms with Crippen LogP contribution in [-0.2, 0) is 18.4 Å². The number of aliphatic hydroxyl groups excluding tert-OH is 1. The third-order valence-corrected chi connectivity index (χ3v) is 12.0. The average Bonchev–Trinajstić information content (AvgIpc) is 3.15. The molecule has 3 N–H and O–H groups in total. The number of carbonyl (C=O) groups excluding carboxylic acids is 1. The van der Waals surface area contributed by atoms with Crippen LogP contribution in [0, 0.1) is 0 Å². The van der Waals surface area contributed by atoms with Gasteiger partial charge in [-0.05, 0) is 38.5 Å². The Hall–Kier alpha value is -0.760. The van der Waals surface area contributed by atoms with Crippen molar-refractivity contribution in [3.8, 4) is 0 Å². The van der Waals surface area contributed by atoms with Gasteiger partial charge in [-0.2, -0.15) is 0 Å². The van der Waals surface area contributed by atoms with E-state index in [1.165, 1.54) is 167 Å². The quantitative estimate of drug-likeness (QED) is 0.0245. The molecule has 8 nitrogen and oxygen atoms in total. The molecule has 0 aliphatic heterocycles. The number of carbonyl (C=O) groups is 1. The van der Waals surface area contributed by atoms with E-state index < -0.39 is 20.0 Å². The van der Waals surface area contributed by atoms with E-state index >= 15 is 0 Å². The van der Waals surface area contributed by atoms with Crippen LogP contribution in [0.2, 0.25) is 0 Å². The lowest BCUT2D eigenvalue weighted by Gasteiger charge is -2.26. The summed E-state index contributed by atoms with van der Waals surface area (Å²) in [5.41, 5.74) is 0. The van der Waals surface area contributed by atoms with Crippen LogP contribution >= 0.6 is 7.82 Å². The molecule has 334 valence electrons. The Labute approximate surface area is 348 Å². The fourth-order valence-corrected chi connectivity index (χ4v) is 7.89. The predicted octanol–water partition coefficient (Wildman–Crippen LogP) is 13.5. The van der Waals surface area contributed by atoms with Crippen molar-refractivity contribution in [1.29, 1.82) is 0 Å². The largest absolute Gasteiger partial charge is 0.472 e. The number of unbranched alkanes of at least 4 members (excludes halogenated alkanes) is 29. The fraction of sp³-hybridized carbons (Fsp3) is 0.936. The van der Waals surface area contributed by atoms with Crippen LogP contribution in [0.4, 0.5) is 0 Å². The summed E-state index contributed by atoms with van der Waals surface area (Å²) in [5, 5.41) is 13.9. The van der Waals surface area contributed by atoms with Gasteiger partial charge < -0.3 is 19.8 Å². The molecule has 0 saturated heterocycles. The third kappa shape index (κ3) is 41.4. The minimum Gasteiger partial charge on any atom is -0.391 e. The summed E-state index contributed by atoms with van der Waals surface area (Å²) >= 11 is 0. The highest BCUT2D eigenvalue weighted by Crippen LogP contribution is 2.43. The summed E-state index contributed by atoms with van der Waals surface area (Å²) < 4.78 is 23.6. The number of phosphoric acid groups is 1. The zero-order valence-electron chi connectivity index (χ0n) is 37.9. The van der Waals surface area contributed by atoms with Crippen molar-refractivity contribution in [2.24, 2.45) is 0 Å². The molecule has 0 fully saturated rings. The smallest absolute Gasteiger partial charge is 0.391 e. The van der Waals surface area contributed by atoms with Crippen LogP contribution in [0.25, 0.3) is 0 Å². The highest BCUT2D eigenvalue weighted by Gasteiger charge is 2.28. The molecule has 0 radical (unpaired) electrons. The van der Waals surface area contributed by atoms with E-state index in [2.05, 4.69) is 31.3 Å². The van der Waals surface area contributed by atoms with Gasteiger partial charge in [0.2, 0.25) is 5.91 Å². The Morgan fingerprint density at radius 2 is 0.964 bits per heavy atom. The lowest BCUT2D eigenvalue weighted by atomic mass is 10.0. The molecule has 3 atom stereocenters. The Morgan fingerprint density at radius 1 is 0.589 bits per heavy atom. The van der Waals surface area contributed by atoms with Crippen molar-refractivity contribution >= 4 is 13.7 Å². The van der Waals surface area contributed by atoms with E-state index in [0.29, 0.717) is 23.9 Å². The summed E-state index contributed by atoms with van der Waals surface area (Å²) in [4.78, 5) is 23.2. The standard InChI is InChI=1S/C47H95N2O6P/c1-6-8-10-12-14-16-18-19-20-21-22-23-24-25-26-27-28-29-31-33-35-37-39-41-47(51)48-45(44-55-56(52,53)54-43-42-49(3,4)5)46(50)40-38-36-34-32-30-17-15-13-11-9-7-2/h21-22,45-46,50H,6-20,23-44H2,1-5H3,(H-,48,51,52,53)/p+1/b22-21-. The van der Waals surface area contributed by atoms with Crippen LogP contribution in [0.15, 0.2) is 12.2 Å². The molecule has 0 spiro atoms. The van der Waals surface area contributed by atoms with E-state index in [4.69, 9.17) is 9.05 Å². The van der Waals surface area contributed by atoms with E-state index in [1.54, 1.807) is 0 Å². The van der Waals surface area contributed by atoms with Crippen LogP contribution in [-0.4, -0.2) is 73.4 Å². The molecule has 0 aromatic carbocycles. The number of likely N-dealkylation sites (N-methyl/N-ethyl adjacent to an activating group) is 1. The monoisotopic (exact) mass is 816 g/mol. The van der Waals surface area contributed by atoms with Crippen molar-refractivity contribution in [2.45, 2.75) is 244 Å². The second-order valence-electron chi connectivity index (χ2n) is 17.8. The van der Waals surface area contributed by atoms with Crippen LogP contribution in [0.3, 0.4) is 0 Å². The number of nitrogens with one attached hydrogen (secondary N) is 1. The van der Waals surface area contributed by atoms with Gasteiger partial charge >= 0.3 is 7.82 Å². The number of hydrogen-bond acceptors (Lipinski definition) is 5. The molecule has 0 aliphatic rings. The first-order valence-corrected chi connectivity index (χ1v) is 25.5. The third-order valence-electron chi connectivity index (χ3n) is 11.0. The van der Waals surface area contributed by atoms with Gasteiger partial charge in [0, 0.05) is 6.42 Å². The molecule has 0 aliphatic carbocycles. The Morgan fingerprint density at radius 3 is 1.38 bits per heavy atom.